The minimum Gasteiger partial charge on any atom is -0.337 e. The van der Waals surface area contributed by atoms with E-state index < -0.39 is 0 Å². The summed E-state index contributed by atoms with van der Waals surface area (Å²) in [6, 6.07) is 24.1. The van der Waals surface area contributed by atoms with Crippen LogP contribution in [0.1, 0.15) is 11.1 Å². The van der Waals surface area contributed by atoms with Gasteiger partial charge in [-0.2, -0.15) is 0 Å². The number of carbonyl (C=O) groups excluding carboxylic acids is 1. The molecule has 2 aliphatic heterocycles. The Balaban J connectivity index is 1.51. The molecule has 2 aliphatic rings. The summed E-state index contributed by atoms with van der Waals surface area (Å²) in [5.74, 6) is -0.00409. The van der Waals surface area contributed by atoms with E-state index in [4.69, 9.17) is 16.6 Å². The first-order valence-electron chi connectivity index (χ1n) is 10.6. The molecule has 33 heavy (non-hydrogen) atoms. The van der Waals surface area contributed by atoms with Crippen LogP contribution in [-0.2, 0) is 11.2 Å². The van der Waals surface area contributed by atoms with Gasteiger partial charge in [-0.05, 0) is 66.6 Å². The largest absolute Gasteiger partial charge is 0.337 e. The Morgan fingerprint density at radius 3 is 2.58 bits per heavy atom. The third-order valence-corrected chi connectivity index (χ3v) is 8.21. The Bertz CT molecular complexity index is 1290. The van der Waals surface area contributed by atoms with E-state index in [-0.39, 0.29) is 5.91 Å². The van der Waals surface area contributed by atoms with Gasteiger partial charge in [-0.1, -0.05) is 65.8 Å². The molecule has 0 atom stereocenters. The van der Waals surface area contributed by atoms with Crippen molar-refractivity contribution >= 4 is 57.6 Å². The van der Waals surface area contributed by atoms with Crippen molar-refractivity contribution in [2.24, 2.45) is 4.99 Å². The maximum Gasteiger partial charge on any atom is 0.269 e. The minimum absolute atomic E-state index is 0.00409. The number of amides is 1. The average molecular weight is 492 g/mol. The van der Waals surface area contributed by atoms with Gasteiger partial charge in [0.15, 0.2) is 5.17 Å². The molecule has 1 amide bonds. The van der Waals surface area contributed by atoms with Crippen LogP contribution >= 0.6 is 35.1 Å². The Kier molecular flexibility index (Phi) is 6.23. The summed E-state index contributed by atoms with van der Waals surface area (Å²) in [5.41, 5.74) is 4.20. The summed E-state index contributed by atoms with van der Waals surface area (Å²) < 4.78 is 0. The molecule has 0 radical (unpaired) electrons. The normalized spacial score (nSPS) is 19.0. The SMILES string of the molecule is Cc1cccc(N=C2S/C(=C3\Sc4ccc(Cl)cc4N3C)C(=O)N2CCc2ccccc2)c1. The molecule has 1 saturated heterocycles. The first-order chi connectivity index (χ1) is 16.0. The lowest BCUT2D eigenvalue weighted by atomic mass is 10.1. The predicted octanol–water partition coefficient (Wildman–Crippen LogP) is 6.87. The third-order valence-electron chi connectivity index (χ3n) is 5.54. The van der Waals surface area contributed by atoms with E-state index in [2.05, 4.69) is 17.0 Å². The van der Waals surface area contributed by atoms with E-state index in [9.17, 15) is 4.79 Å². The molecule has 5 rings (SSSR count). The number of nitrogens with zero attached hydrogens (tertiary/aromatic N) is 3. The molecule has 166 valence electrons. The van der Waals surface area contributed by atoms with Crippen LogP contribution in [0.25, 0.3) is 0 Å². The van der Waals surface area contributed by atoms with E-state index in [0.29, 0.717) is 21.6 Å². The number of carbonyl (C=O) groups is 1. The molecule has 0 saturated carbocycles. The number of benzene rings is 3. The fourth-order valence-electron chi connectivity index (χ4n) is 3.83. The van der Waals surface area contributed by atoms with Gasteiger partial charge in [0, 0.05) is 23.5 Å². The van der Waals surface area contributed by atoms with Crippen LogP contribution in [0.2, 0.25) is 5.02 Å². The van der Waals surface area contributed by atoms with Gasteiger partial charge in [-0.3, -0.25) is 9.69 Å². The number of hydrogen-bond donors (Lipinski definition) is 0. The summed E-state index contributed by atoms with van der Waals surface area (Å²) >= 11 is 9.28. The fourth-order valence-corrected chi connectivity index (χ4v) is 6.34. The lowest BCUT2D eigenvalue weighted by Crippen LogP contribution is -2.31. The van der Waals surface area contributed by atoms with Crippen molar-refractivity contribution in [2.45, 2.75) is 18.2 Å². The summed E-state index contributed by atoms with van der Waals surface area (Å²) in [7, 11) is 1.98. The van der Waals surface area contributed by atoms with Crippen molar-refractivity contribution in [2.75, 3.05) is 18.5 Å². The number of anilines is 1. The molecular formula is C26H22ClN3OS2. The molecule has 0 N–H and O–H groups in total. The van der Waals surface area contributed by atoms with Crippen LogP contribution in [0.5, 0.6) is 0 Å². The van der Waals surface area contributed by atoms with E-state index in [1.54, 1.807) is 11.8 Å². The van der Waals surface area contributed by atoms with Crippen LogP contribution in [-0.4, -0.2) is 29.6 Å². The molecule has 3 aromatic carbocycles. The second kappa shape index (κ2) is 9.29. The smallest absolute Gasteiger partial charge is 0.269 e. The summed E-state index contributed by atoms with van der Waals surface area (Å²) in [5, 5.41) is 2.32. The molecule has 7 heteroatoms. The zero-order valence-electron chi connectivity index (χ0n) is 18.3. The van der Waals surface area contributed by atoms with Crippen molar-refractivity contribution in [3.63, 3.8) is 0 Å². The zero-order valence-corrected chi connectivity index (χ0v) is 20.7. The van der Waals surface area contributed by atoms with Gasteiger partial charge in [0.25, 0.3) is 5.91 Å². The summed E-state index contributed by atoms with van der Waals surface area (Å²) in [4.78, 5) is 24.2. The van der Waals surface area contributed by atoms with Gasteiger partial charge in [0.2, 0.25) is 0 Å². The topological polar surface area (TPSA) is 35.9 Å². The van der Waals surface area contributed by atoms with Crippen LogP contribution in [0.15, 0.2) is 92.6 Å². The number of hydrogen-bond acceptors (Lipinski definition) is 5. The highest BCUT2D eigenvalue weighted by Crippen LogP contribution is 2.50. The maximum atomic E-state index is 13.6. The number of rotatable bonds is 4. The van der Waals surface area contributed by atoms with Crippen molar-refractivity contribution in [1.82, 2.24) is 4.90 Å². The van der Waals surface area contributed by atoms with Crippen LogP contribution in [0.3, 0.4) is 0 Å². The number of fused-ring (bicyclic) bond motifs is 1. The first kappa shape index (κ1) is 22.1. The second-order valence-electron chi connectivity index (χ2n) is 7.94. The summed E-state index contributed by atoms with van der Waals surface area (Å²) in [6.45, 7) is 2.62. The van der Waals surface area contributed by atoms with E-state index in [0.717, 1.165) is 33.3 Å². The summed E-state index contributed by atoms with van der Waals surface area (Å²) in [6.07, 6.45) is 0.765. The molecule has 3 aromatic rings. The van der Waals surface area contributed by atoms with Crippen molar-refractivity contribution in [3.05, 3.63) is 98.9 Å². The quantitative estimate of drug-likeness (QED) is 0.373. The van der Waals surface area contributed by atoms with Gasteiger partial charge < -0.3 is 4.90 Å². The van der Waals surface area contributed by atoms with Crippen molar-refractivity contribution < 1.29 is 4.79 Å². The fraction of sp³-hybridized carbons (Fsp3) is 0.154. The molecule has 0 bridgehead atoms. The molecule has 0 unspecified atom stereocenters. The van der Waals surface area contributed by atoms with E-state index in [1.165, 1.54) is 17.3 Å². The minimum atomic E-state index is -0.00409. The monoisotopic (exact) mass is 491 g/mol. The van der Waals surface area contributed by atoms with E-state index in [1.807, 2.05) is 79.5 Å². The maximum absolute atomic E-state index is 13.6. The zero-order chi connectivity index (χ0) is 22.9. The molecule has 4 nitrogen and oxygen atoms in total. The number of aliphatic imine (C=N–C) groups is 1. The number of amidine groups is 1. The molecule has 0 aliphatic carbocycles. The van der Waals surface area contributed by atoms with Gasteiger partial charge in [-0.25, -0.2) is 4.99 Å². The van der Waals surface area contributed by atoms with Gasteiger partial charge >= 0.3 is 0 Å². The molecule has 1 fully saturated rings. The van der Waals surface area contributed by atoms with Crippen LogP contribution in [0.4, 0.5) is 11.4 Å². The Labute approximate surface area is 207 Å². The van der Waals surface area contributed by atoms with Gasteiger partial charge in [-0.15, -0.1) is 0 Å². The molecule has 0 aromatic heterocycles. The second-order valence-corrected chi connectivity index (χ2v) is 10.4. The van der Waals surface area contributed by atoms with Gasteiger partial charge in [0.05, 0.1) is 16.4 Å². The highest BCUT2D eigenvalue weighted by atomic mass is 35.5. The third kappa shape index (κ3) is 4.56. The van der Waals surface area contributed by atoms with Crippen molar-refractivity contribution in [1.29, 1.82) is 0 Å². The molecular weight excluding hydrogens is 470 g/mol. The predicted molar refractivity (Wildman–Crippen MR) is 140 cm³/mol. The molecule has 2 heterocycles. The average Bonchev–Trinajstić information content (AvgIpc) is 3.29. The standard InChI is InChI=1S/C26H22ClN3OS2/c1-17-7-6-10-20(15-17)28-26-30(14-13-18-8-4-3-5-9-18)24(31)23(33-26)25-29(2)21-16-19(27)11-12-22(21)32-25/h3-12,15-16H,13-14H2,1-2H3/b25-23-,28-26?. The lowest BCUT2D eigenvalue weighted by Gasteiger charge is -2.17. The van der Waals surface area contributed by atoms with Crippen LogP contribution < -0.4 is 4.90 Å². The molecule has 0 spiro atoms. The number of aryl methyl sites for hydroxylation is 1. The van der Waals surface area contributed by atoms with Gasteiger partial charge in [0.1, 0.15) is 4.91 Å². The Hall–Kier alpha value is -2.67. The Morgan fingerprint density at radius 1 is 0.970 bits per heavy atom. The lowest BCUT2D eigenvalue weighted by molar-refractivity contribution is -0.122. The highest BCUT2D eigenvalue weighted by Gasteiger charge is 2.39. The number of halogens is 1. The van der Waals surface area contributed by atoms with Crippen molar-refractivity contribution in [3.8, 4) is 0 Å². The first-order valence-corrected chi connectivity index (χ1v) is 12.6. The highest BCUT2D eigenvalue weighted by molar-refractivity contribution is 8.19. The number of thioether (sulfide) groups is 2. The Morgan fingerprint density at radius 2 is 1.79 bits per heavy atom. The van der Waals surface area contributed by atoms with E-state index >= 15 is 0 Å². The van der Waals surface area contributed by atoms with Crippen LogP contribution in [0, 0.1) is 6.92 Å².